The molecule has 0 aromatic heterocycles. The first-order valence-electron chi connectivity index (χ1n) is 13.8. The number of piperazine rings is 1. The number of carboxylic acid groups (broad SMARTS) is 4. The number of fused-ring (bicyclic) bond motifs is 1. The van der Waals surface area contributed by atoms with Crippen molar-refractivity contribution in [2.45, 2.75) is 6.42 Å². The topological polar surface area (TPSA) is 188 Å². The Labute approximate surface area is 265 Å². The first-order valence-corrected chi connectivity index (χ1v) is 14.1. The quantitative estimate of drug-likeness (QED) is 0.294. The van der Waals surface area contributed by atoms with Gasteiger partial charge < -0.3 is 35.1 Å². The highest BCUT2D eigenvalue weighted by Crippen LogP contribution is 2.29. The molecule has 240 valence electrons. The van der Waals surface area contributed by atoms with Gasteiger partial charge in [0.1, 0.15) is 6.54 Å². The fraction of sp³-hybridized carbons (Fsp3) is 0.290. The number of rotatable bonds is 9. The zero-order chi connectivity index (χ0) is 33.4. The third-order valence-electron chi connectivity index (χ3n) is 6.41. The summed E-state index contributed by atoms with van der Waals surface area (Å²) in [5, 5.41) is 31.9. The average Bonchev–Trinajstić information content (AvgIpc) is 3.13. The number of carboxylic acids is 4. The first kappa shape index (κ1) is 36.3. The minimum Gasteiger partial charge on any atom is -0.478 e. The van der Waals surface area contributed by atoms with Crippen molar-refractivity contribution in [2.75, 3.05) is 57.8 Å². The predicted molar refractivity (Wildman–Crippen MR) is 168 cm³/mol. The van der Waals surface area contributed by atoms with Crippen molar-refractivity contribution >= 4 is 52.8 Å². The van der Waals surface area contributed by atoms with Crippen molar-refractivity contribution in [3.05, 3.63) is 89.0 Å². The Hall–Kier alpha value is -4.85. The molecule has 4 rings (SSSR count). The van der Waals surface area contributed by atoms with Gasteiger partial charge in [0.05, 0.1) is 11.4 Å². The van der Waals surface area contributed by atoms with Gasteiger partial charge in [-0.25, -0.2) is 19.2 Å². The number of halogens is 1. The zero-order valence-electron chi connectivity index (χ0n) is 24.6. The standard InChI is InChI=1S/C23H27ClN4O.2C4H4O4/c1-26-12-14-27(15-13-26)10-5-11-28-21-9-8-19(24)16-20(21)23(25-17-22(28)29)18-6-3-2-4-7-18;2*5-3(6)1-2-4(7)8/h2-4,6-9,16H,5,10-15,17H2,1H3;2*1-2H,(H,5,6)(H,7,8)/b;2*2-1-. The van der Waals surface area contributed by atoms with Gasteiger partial charge >= 0.3 is 23.9 Å². The lowest BCUT2D eigenvalue weighted by Crippen LogP contribution is -2.45. The molecule has 1 fully saturated rings. The third-order valence-corrected chi connectivity index (χ3v) is 6.65. The van der Waals surface area contributed by atoms with E-state index in [-0.39, 0.29) is 12.5 Å². The van der Waals surface area contributed by atoms with Crippen LogP contribution in [0.2, 0.25) is 5.02 Å². The largest absolute Gasteiger partial charge is 0.478 e. The number of carbonyl (C=O) groups is 5. The second-order valence-corrected chi connectivity index (χ2v) is 10.2. The molecule has 0 aliphatic carbocycles. The van der Waals surface area contributed by atoms with E-state index in [9.17, 15) is 24.0 Å². The number of anilines is 1. The molecular formula is C31H35ClN4O9. The van der Waals surface area contributed by atoms with E-state index >= 15 is 0 Å². The summed E-state index contributed by atoms with van der Waals surface area (Å²) in [5.74, 6) is -4.99. The number of carbonyl (C=O) groups excluding carboxylic acids is 1. The maximum absolute atomic E-state index is 12.9. The highest BCUT2D eigenvalue weighted by molar-refractivity contribution is 6.32. The maximum atomic E-state index is 12.9. The van der Waals surface area contributed by atoms with Crippen molar-refractivity contribution in [1.29, 1.82) is 0 Å². The van der Waals surface area contributed by atoms with Crippen LogP contribution in [0.5, 0.6) is 0 Å². The van der Waals surface area contributed by atoms with E-state index < -0.39 is 23.9 Å². The van der Waals surface area contributed by atoms with Crippen LogP contribution in [0, 0.1) is 0 Å². The fourth-order valence-electron chi connectivity index (χ4n) is 4.28. The van der Waals surface area contributed by atoms with Gasteiger partial charge in [-0.15, -0.1) is 0 Å². The number of aliphatic imine (C=N–C) groups is 1. The molecule has 2 aliphatic rings. The highest BCUT2D eigenvalue weighted by Gasteiger charge is 2.25. The Bertz CT molecular complexity index is 1370. The molecule has 0 radical (unpaired) electrons. The summed E-state index contributed by atoms with van der Waals surface area (Å²) in [6.07, 6.45) is 3.17. The van der Waals surface area contributed by atoms with Crippen molar-refractivity contribution in [3.63, 3.8) is 0 Å². The number of aliphatic carboxylic acids is 4. The lowest BCUT2D eigenvalue weighted by molar-refractivity contribution is -0.134. The number of hydrogen-bond acceptors (Lipinski definition) is 8. The number of nitrogens with zero attached hydrogens (tertiary/aromatic N) is 4. The number of amides is 1. The van der Waals surface area contributed by atoms with Crippen LogP contribution in [-0.4, -0.2) is 119 Å². The van der Waals surface area contributed by atoms with Crippen molar-refractivity contribution in [2.24, 2.45) is 4.99 Å². The van der Waals surface area contributed by atoms with Gasteiger partial charge in [-0.2, -0.15) is 0 Å². The predicted octanol–water partition coefficient (Wildman–Crippen LogP) is 2.59. The van der Waals surface area contributed by atoms with Crippen LogP contribution in [0.25, 0.3) is 0 Å². The van der Waals surface area contributed by atoms with Crippen LogP contribution in [0.1, 0.15) is 17.5 Å². The molecule has 1 amide bonds. The van der Waals surface area contributed by atoms with Crippen LogP contribution < -0.4 is 4.90 Å². The maximum Gasteiger partial charge on any atom is 0.328 e. The summed E-state index contributed by atoms with van der Waals surface area (Å²) in [6.45, 7) is 6.27. The van der Waals surface area contributed by atoms with E-state index in [1.807, 2.05) is 53.4 Å². The SMILES string of the molecule is CN1CCN(CCCN2C(=O)CN=C(c3ccccc3)c3cc(Cl)ccc32)CC1.O=C(O)/C=C\C(=O)O.O=C(O)/C=C\C(=O)O. The van der Waals surface area contributed by atoms with E-state index in [0.717, 1.165) is 61.7 Å². The van der Waals surface area contributed by atoms with Gasteiger partial charge in [0.25, 0.3) is 0 Å². The Morgan fingerprint density at radius 3 is 1.84 bits per heavy atom. The number of likely N-dealkylation sites (N-methyl/N-ethyl adjacent to an activating group) is 1. The van der Waals surface area contributed by atoms with Crippen LogP contribution >= 0.6 is 11.6 Å². The van der Waals surface area contributed by atoms with Gasteiger partial charge in [-0.1, -0.05) is 41.9 Å². The Balaban J connectivity index is 0.000000365. The Kier molecular flexibility index (Phi) is 15.1. The molecule has 0 unspecified atom stereocenters. The van der Waals surface area contributed by atoms with E-state index in [4.69, 9.17) is 32.0 Å². The lowest BCUT2D eigenvalue weighted by atomic mass is 10.00. The Morgan fingerprint density at radius 2 is 1.33 bits per heavy atom. The molecule has 0 spiro atoms. The smallest absolute Gasteiger partial charge is 0.328 e. The third kappa shape index (κ3) is 13.5. The van der Waals surface area contributed by atoms with Gasteiger partial charge in [0, 0.05) is 73.2 Å². The summed E-state index contributed by atoms with van der Waals surface area (Å²) in [7, 11) is 2.17. The minimum atomic E-state index is -1.26. The van der Waals surface area contributed by atoms with E-state index in [0.29, 0.717) is 35.9 Å². The van der Waals surface area contributed by atoms with E-state index in [2.05, 4.69) is 21.8 Å². The normalized spacial score (nSPS) is 15.2. The van der Waals surface area contributed by atoms with Crippen LogP contribution in [0.3, 0.4) is 0 Å². The van der Waals surface area contributed by atoms with Crippen molar-refractivity contribution in [3.8, 4) is 0 Å². The van der Waals surface area contributed by atoms with Crippen LogP contribution in [0.4, 0.5) is 5.69 Å². The van der Waals surface area contributed by atoms with Gasteiger partial charge in [0.2, 0.25) is 5.91 Å². The molecular weight excluding hydrogens is 608 g/mol. The summed E-state index contributed by atoms with van der Waals surface area (Å²) in [6, 6.07) is 15.7. The highest BCUT2D eigenvalue weighted by atomic mass is 35.5. The van der Waals surface area contributed by atoms with Gasteiger partial charge in [0.15, 0.2) is 0 Å². The molecule has 14 heteroatoms. The second-order valence-electron chi connectivity index (χ2n) is 9.76. The molecule has 0 bridgehead atoms. The van der Waals surface area contributed by atoms with Gasteiger partial charge in [-0.3, -0.25) is 9.79 Å². The van der Waals surface area contributed by atoms with Crippen molar-refractivity contribution < 1.29 is 44.4 Å². The Morgan fingerprint density at radius 1 is 0.800 bits per heavy atom. The molecule has 2 aromatic carbocycles. The minimum absolute atomic E-state index is 0.0397. The van der Waals surface area contributed by atoms with Crippen LogP contribution in [0.15, 0.2) is 77.8 Å². The molecule has 2 aliphatic heterocycles. The monoisotopic (exact) mass is 642 g/mol. The molecule has 4 N–H and O–H groups in total. The second kappa shape index (κ2) is 18.7. The summed E-state index contributed by atoms with van der Waals surface area (Å²) < 4.78 is 0. The van der Waals surface area contributed by atoms with E-state index in [1.54, 1.807) is 0 Å². The molecule has 0 atom stereocenters. The van der Waals surface area contributed by atoms with Crippen molar-refractivity contribution in [1.82, 2.24) is 9.80 Å². The van der Waals surface area contributed by atoms with Crippen LogP contribution in [-0.2, 0) is 24.0 Å². The lowest BCUT2D eigenvalue weighted by Gasteiger charge is -2.33. The molecule has 2 aromatic rings. The number of hydrogen-bond donors (Lipinski definition) is 4. The summed E-state index contributed by atoms with van der Waals surface area (Å²) >= 11 is 6.32. The first-order chi connectivity index (χ1) is 21.4. The molecule has 13 nitrogen and oxygen atoms in total. The summed E-state index contributed by atoms with van der Waals surface area (Å²) in [4.78, 5) is 62.5. The molecule has 45 heavy (non-hydrogen) atoms. The molecule has 0 saturated carbocycles. The summed E-state index contributed by atoms with van der Waals surface area (Å²) in [5.41, 5.74) is 3.66. The number of benzene rings is 2. The average molecular weight is 643 g/mol. The van der Waals surface area contributed by atoms with Gasteiger partial charge in [-0.05, 0) is 38.2 Å². The molecule has 1 saturated heterocycles. The zero-order valence-corrected chi connectivity index (χ0v) is 25.3. The fourth-order valence-corrected chi connectivity index (χ4v) is 4.45. The number of benzodiazepines with no additional fused rings is 1. The molecule has 2 heterocycles. The van der Waals surface area contributed by atoms with E-state index in [1.165, 1.54) is 0 Å².